The zero-order valence-corrected chi connectivity index (χ0v) is 54.7. The molecule has 0 unspecified atom stereocenters. The van der Waals surface area contributed by atoms with Gasteiger partial charge in [0.1, 0.15) is 17.5 Å². The largest absolute Gasteiger partial charge is 0.375 e. The number of ether oxygens (including phenoxy) is 2. The molecule has 18 rings (SSSR count). The molecule has 9 aromatic heterocycles. The fourth-order valence-corrected chi connectivity index (χ4v) is 13.3. The summed E-state index contributed by atoms with van der Waals surface area (Å²) in [5, 5.41) is 10.3. The van der Waals surface area contributed by atoms with E-state index in [1.165, 1.54) is 33.4 Å². The van der Waals surface area contributed by atoms with Gasteiger partial charge in [0.25, 0.3) is 0 Å². The number of hydrogen-bond donors (Lipinski definition) is 3. The van der Waals surface area contributed by atoms with E-state index in [1.807, 2.05) is 106 Å². The second kappa shape index (κ2) is 26.2. The topological polar surface area (TPSA) is 218 Å². The Morgan fingerprint density at radius 1 is 0.474 bits per heavy atom. The van der Waals surface area contributed by atoms with Crippen molar-refractivity contribution in [2.75, 3.05) is 83.1 Å². The molecule has 3 fully saturated rings. The molecule has 0 amide bonds. The van der Waals surface area contributed by atoms with Gasteiger partial charge in [0.05, 0.1) is 91.2 Å². The van der Waals surface area contributed by atoms with Crippen molar-refractivity contribution in [3.8, 4) is 33.8 Å². The van der Waals surface area contributed by atoms with Crippen LogP contribution in [-0.4, -0.2) is 135 Å². The molecule has 0 spiro atoms. The molecule has 3 aromatic carbocycles. The van der Waals surface area contributed by atoms with Crippen LogP contribution in [0.3, 0.4) is 0 Å². The van der Waals surface area contributed by atoms with E-state index in [1.54, 1.807) is 18.6 Å². The number of anilines is 9. The van der Waals surface area contributed by atoms with E-state index in [9.17, 15) is 0 Å². The smallest absolute Gasteiger partial charge is 0.180 e. The summed E-state index contributed by atoms with van der Waals surface area (Å²) in [5.41, 5.74) is 18.7. The van der Waals surface area contributed by atoms with E-state index in [2.05, 4.69) is 167 Å². The molecular weight excluding hydrogens is 1210 g/mol. The van der Waals surface area contributed by atoms with Gasteiger partial charge in [-0.2, -0.15) is 0 Å². The summed E-state index contributed by atoms with van der Waals surface area (Å²) in [7, 11) is 0. The number of aliphatic imine (C=N–C) groups is 2. The third-order valence-electron chi connectivity index (χ3n) is 18.5. The maximum atomic E-state index is 5.78. The number of benzene rings is 3. The fourth-order valence-electron chi connectivity index (χ4n) is 13.3. The maximum Gasteiger partial charge on any atom is 0.180 e. The summed E-state index contributed by atoms with van der Waals surface area (Å²) in [6.45, 7) is 17.4. The van der Waals surface area contributed by atoms with Gasteiger partial charge in [-0.1, -0.05) is 76.2 Å². The fraction of sp³-hybridized carbons (Fsp3) is 0.267. The van der Waals surface area contributed by atoms with Crippen molar-refractivity contribution >= 4 is 87.4 Å². The molecule has 3 saturated heterocycles. The second-order valence-corrected chi connectivity index (χ2v) is 26.0. The molecular formula is C75H74N20O2. The number of hydrogen-bond acceptors (Lipinski definition) is 19. The lowest BCUT2D eigenvalue weighted by molar-refractivity contribution is 0.0380. The zero-order valence-electron chi connectivity index (χ0n) is 54.7. The first-order valence-corrected chi connectivity index (χ1v) is 33.3. The van der Waals surface area contributed by atoms with E-state index in [0.29, 0.717) is 17.1 Å². The number of rotatable bonds is 14. The molecule has 0 bridgehead atoms. The van der Waals surface area contributed by atoms with Crippen molar-refractivity contribution in [1.82, 2.24) is 58.1 Å². The van der Waals surface area contributed by atoms with Crippen LogP contribution in [0.2, 0.25) is 0 Å². The van der Waals surface area contributed by atoms with Crippen molar-refractivity contribution in [2.24, 2.45) is 15.4 Å². The minimum absolute atomic E-state index is 0.268. The maximum absolute atomic E-state index is 5.78. The molecule has 3 N–H and O–H groups in total. The van der Waals surface area contributed by atoms with Crippen LogP contribution < -0.4 is 30.7 Å². The third-order valence-corrected chi connectivity index (χ3v) is 18.5. The molecule has 0 radical (unpaired) electrons. The molecule has 22 heteroatoms. The highest BCUT2D eigenvalue weighted by Gasteiger charge is 2.35. The first kappa shape index (κ1) is 60.7. The molecule has 5 aliphatic heterocycles. The van der Waals surface area contributed by atoms with Crippen LogP contribution in [0.15, 0.2) is 181 Å². The minimum Gasteiger partial charge on any atom is -0.375 e. The Kier molecular flexibility index (Phi) is 16.4. The summed E-state index contributed by atoms with van der Waals surface area (Å²) < 4.78 is 17.6. The summed E-state index contributed by atoms with van der Waals surface area (Å²) in [5.74, 6) is 5.07. The Morgan fingerprint density at radius 2 is 0.887 bits per heavy atom. The molecule has 6 aliphatic rings. The summed E-state index contributed by atoms with van der Waals surface area (Å²) in [6.07, 6.45) is 34.6. The van der Waals surface area contributed by atoms with Gasteiger partial charge in [-0.3, -0.25) is 9.98 Å². The molecule has 97 heavy (non-hydrogen) atoms. The number of nitrogens with one attached hydrogen (secondary N) is 3. The van der Waals surface area contributed by atoms with Crippen molar-refractivity contribution < 1.29 is 9.47 Å². The third kappa shape index (κ3) is 12.9. The standard InChI is InChI=1S/2C25H25N7O.C25H24N6/c2*1-2-21-15-31(9-10-33-21)23-6-5-20(14-28-23)29-24-25-27-7-8-32(25)16-22(30-24)17-3-4-18-12-26-13-19(18)11-17;1-25(2)15-31(16-25)22-9-8-20(13-27-22)28-23-24-26-10-11-30(24)14-21(29-23)19-7-6-17-4-3-5-18(17)12-19/h2*3-8,11-12,14,16,21H,2,9-10,13,15H2,1H3,(H,29,30);3-4,6-14H,5,15-16H2,1-2H3,(H,28,29)/t2*21-;/m10./s1. The normalized spacial score (nSPS) is 17.1. The first-order chi connectivity index (χ1) is 47.6. The highest BCUT2D eigenvalue weighted by Crippen LogP contribution is 2.35. The van der Waals surface area contributed by atoms with Gasteiger partial charge in [-0.25, -0.2) is 44.9 Å². The molecule has 22 nitrogen and oxygen atoms in total. The number of aromatic nitrogens is 12. The number of morpholine rings is 2. The van der Waals surface area contributed by atoms with Gasteiger partial charge in [-0.05, 0) is 113 Å². The Hall–Kier alpha value is -11.2. The first-order valence-electron chi connectivity index (χ1n) is 33.3. The molecule has 14 heterocycles. The van der Waals surface area contributed by atoms with Crippen molar-refractivity contribution in [3.05, 3.63) is 205 Å². The Bertz CT molecular complexity index is 4740. The predicted octanol–water partition coefficient (Wildman–Crippen LogP) is 13.1. The number of nitrogens with zero attached hydrogens (tertiary/aromatic N) is 17. The average Bonchev–Trinajstić information content (AvgIpc) is 1.79. The second-order valence-electron chi connectivity index (χ2n) is 26.0. The lowest BCUT2D eigenvalue weighted by atomic mass is 9.84. The lowest BCUT2D eigenvalue weighted by Gasteiger charge is -2.46. The van der Waals surface area contributed by atoms with Crippen molar-refractivity contribution in [1.29, 1.82) is 0 Å². The van der Waals surface area contributed by atoms with Crippen LogP contribution in [0.5, 0.6) is 0 Å². The van der Waals surface area contributed by atoms with Crippen LogP contribution in [0.1, 0.15) is 73.9 Å². The minimum atomic E-state index is 0.268. The molecule has 486 valence electrons. The van der Waals surface area contributed by atoms with E-state index in [4.69, 9.17) is 34.4 Å². The van der Waals surface area contributed by atoms with Crippen molar-refractivity contribution in [2.45, 2.75) is 72.3 Å². The van der Waals surface area contributed by atoms with Crippen LogP contribution in [-0.2, 0) is 29.0 Å². The summed E-state index contributed by atoms with van der Waals surface area (Å²) in [4.78, 5) is 57.8. The van der Waals surface area contributed by atoms with Gasteiger partial charge in [0, 0.05) is 124 Å². The summed E-state index contributed by atoms with van der Waals surface area (Å²) >= 11 is 0. The summed E-state index contributed by atoms with van der Waals surface area (Å²) in [6, 6.07) is 31.6. The van der Waals surface area contributed by atoms with Gasteiger partial charge in [0.15, 0.2) is 34.4 Å². The molecule has 12 aromatic rings. The van der Waals surface area contributed by atoms with Crippen molar-refractivity contribution in [3.63, 3.8) is 0 Å². The Balaban J connectivity index is 0.000000114. The monoisotopic (exact) mass is 1290 g/mol. The number of allylic oxidation sites excluding steroid dienone is 1. The molecule has 2 atom stereocenters. The lowest BCUT2D eigenvalue weighted by Crippen LogP contribution is -2.53. The number of fused-ring (bicyclic) bond motifs is 6. The highest BCUT2D eigenvalue weighted by atomic mass is 16.5. The van der Waals surface area contributed by atoms with Gasteiger partial charge >= 0.3 is 0 Å². The Morgan fingerprint density at radius 3 is 1.29 bits per heavy atom. The van der Waals surface area contributed by atoms with Crippen LogP contribution in [0.4, 0.5) is 52.0 Å². The quantitative estimate of drug-likeness (QED) is 0.0922. The highest BCUT2D eigenvalue weighted by molar-refractivity contribution is 5.87. The molecule has 0 saturated carbocycles. The van der Waals surface area contributed by atoms with Crippen LogP contribution in [0.25, 0.3) is 56.8 Å². The average molecular weight is 1290 g/mol. The van der Waals surface area contributed by atoms with E-state index >= 15 is 0 Å². The van der Waals surface area contributed by atoms with Crippen LogP contribution in [0, 0.1) is 5.41 Å². The SMILES string of the molecule is CC1(C)CN(c2ccc(Nc3nc(-c4ccc5c(c4)CC=C5)cn4ccnc34)cn2)C1.CC[C@@H]1CN(c2ccc(Nc3nc(-c4ccc5c(c4)CN=C5)cn4ccnc34)cn2)CCO1.CC[C@H]1CN(c2ccc(Nc3nc(-c4ccc5c(c4)CN=C5)cn4ccnc34)cn2)CCO1. The predicted molar refractivity (Wildman–Crippen MR) is 384 cm³/mol. The Labute approximate surface area is 561 Å². The van der Waals surface area contributed by atoms with E-state index < -0.39 is 0 Å². The van der Waals surface area contributed by atoms with E-state index in [-0.39, 0.29) is 12.2 Å². The number of imidazole rings is 3. The van der Waals surface area contributed by atoms with E-state index in [0.717, 1.165) is 176 Å². The number of pyridine rings is 3. The molecule has 1 aliphatic carbocycles. The van der Waals surface area contributed by atoms with Gasteiger partial charge < -0.3 is 53.3 Å². The van der Waals surface area contributed by atoms with Crippen LogP contribution >= 0.6 is 0 Å². The van der Waals surface area contributed by atoms with Gasteiger partial charge in [0.2, 0.25) is 0 Å². The van der Waals surface area contributed by atoms with Gasteiger partial charge in [-0.15, -0.1) is 0 Å². The zero-order chi connectivity index (χ0) is 65.4.